The van der Waals surface area contributed by atoms with Gasteiger partial charge in [0.2, 0.25) is 0 Å². The van der Waals surface area contributed by atoms with Gasteiger partial charge in [0.25, 0.3) is 0 Å². The molecule has 0 aromatic heterocycles. The summed E-state index contributed by atoms with van der Waals surface area (Å²) in [6.45, 7) is 23.0. The Morgan fingerprint density at radius 2 is 1.56 bits per heavy atom. The monoisotopic (exact) mass is 352 g/mol. The third-order valence-corrected chi connectivity index (χ3v) is 7.58. The van der Waals surface area contributed by atoms with Crippen LogP contribution in [0.25, 0.3) is 0 Å². The number of fused-ring (bicyclic) bond motifs is 1. The first-order valence-corrected chi connectivity index (χ1v) is 11.8. The first-order valence-electron chi connectivity index (χ1n) is 11.8. The van der Waals surface area contributed by atoms with Gasteiger partial charge >= 0.3 is 0 Å². The van der Waals surface area contributed by atoms with Crippen molar-refractivity contribution in [2.24, 2.45) is 34.5 Å². The molecule has 2 fully saturated rings. The van der Waals surface area contributed by atoms with Crippen LogP contribution in [-0.2, 0) is 0 Å². The number of unbranched alkanes of at least 4 members (excludes halogenated alkanes) is 1. The van der Waals surface area contributed by atoms with Crippen LogP contribution in [0.1, 0.15) is 127 Å². The lowest BCUT2D eigenvalue weighted by molar-refractivity contribution is 0.0100. The second-order valence-electron chi connectivity index (χ2n) is 9.43. The Morgan fingerprint density at radius 3 is 2.08 bits per heavy atom. The second kappa shape index (κ2) is 11.7. The van der Waals surface area contributed by atoms with Crippen molar-refractivity contribution in [3.8, 4) is 0 Å². The molecule has 2 rings (SSSR count). The fraction of sp³-hybridized carbons (Fsp3) is 1.00. The van der Waals surface area contributed by atoms with Gasteiger partial charge < -0.3 is 0 Å². The van der Waals surface area contributed by atoms with Crippen LogP contribution in [-0.4, -0.2) is 0 Å². The van der Waals surface area contributed by atoms with Crippen LogP contribution in [0, 0.1) is 34.5 Å². The molecule has 0 saturated heterocycles. The van der Waals surface area contributed by atoms with Gasteiger partial charge in [-0.05, 0) is 73.0 Å². The van der Waals surface area contributed by atoms with Crippen molar-refractivity contribution in [3.63, 3.8) is 0 Å². The number of hydrogen-bond acceptors (Lipinski definition) is 0. The summed E-state index contributed by atoms with van der Waals surface area (Å²) in [6.07, 6.45) is 13.2. The summed E-state index contributed by atoms with van der Waals surface area (Å²) in [6, 6.07) is 0. The molecule has 0 nitrogen and oxygen atoms in total. The summed E-state index contributed by atoms with van der Waals surface area (Å²) in [4.78, 5) is 0. The molecule has 0 N–H and O–H groups in total. The fourth-order valence-corrected chi connectivity index (χ4v) is 6.05. The molecule has 2 aliphatic carbocycles. The van der Waals surface area contributed by atoms with Crippen molar-refractivity contribution in [3.05, 3.63) is 0 Å². The zero-order chi connectivity index (χ0) is 19.7. The van der Waals surface area contributed by atoms with Gasteiger partial charge in [-0.25, -0.2) is 0 Å². The third-order valence-electron chi connectivity index (χ3n) is 7.58. The van der Waals surface area contributed by atoms with Gasteiger partial charge in [0.1, 0.15) is 0 Å². The van der Waals surface area contributed by atoms with E-state index in [4.69, 9.17) is 0 Å². The minimum Gasteiger partial charge on any atom is -0.0683 e. The number of hydrogen-bond donors (Lipinski definition) is 0. The van der Waals surface area contributed by atoms with E-state index in [0.29, 0.717) is 10.8 Å². The summed E-state index contributed by atoms with van der Waals surface area (Å²) in [7, 11) is 0. The summed E-state index contributed by atoms with van der Waals surface area (Å²) in [5.41, 5.74) is 1.26. The summed E-state index contributed by atoms with van der Waals surface area (Å²) in [5, 5.41) is 0. The molecule has 5 atom stereocenters. The molecule has 152 valence electrons. The molecule has 2 aliphatic rings. The van der Waals surface area contributed by atoms with E-state index in [2.05, 4.69) is 41.5 Å². The van der Waals surface area contributed by atoms with Crippen molar-refractivity contribution in [1.29, 1.82) is 0 Å². The van der Waals surface area contributed by atoms with E-state index >= 15 is 0 Å². The Bertz CT molecular complexity index is 331. The average Bonchev–Trinajstić information content (AvgIpc) is 3.02. The van der Waals surface area contributed by atoms with Gasteiger partial charge in [0.05, 0.1) is 0 Å². The maximum atomic E-state index is 2.69. The van der Waals surface area contributed by atoms with Gasteiger partial charge in [-0.1, -0.05) is 88.5 Å². The average molecular weight is 353 g/mol. The Morgan fingerprint density at radius 1 is 0.960 bits per heavy atom. The van der Waals surface area contributed by atoms with Crippen molar-refractivity contribution in [2.75, 3.05) is 0 Å². The highest BCUT2D eigenvalue weighted by atomic mass is 14.6. The molecule has 0 bridgehead atoms. The zero-order valence-electron chi connectivity index (χ0n) is 19.7. The molecule has 0 amide bonds. The van der Waals surface area contributed by atoms with Crippen LogP contribution in [0.2, 0.25) is 0 Å². The first-order chi connectivity index (χ1) is 11.8. The van der Waals surface area contributed by atoms with Gasteiger partial charge in [0, 0.05) is 0 Å². The van der Waals surface area contributed by atoms with Crippen LogP contribution in [0.15, 0.2) is 0 Å². The largest absolute Gasteiger partial charge is 0.0683 e. The normalized spacial score (nSPS) is 34.7. The van der Waals surface area contributed by atoms with E-state index in [-0.39, 0.29) is 0 Å². The molecule has 0 heterocycles. The Balaban J connectivity index is 0.00000134. The maximum Gasteiger partial charge on any atom is -0.0238 e. The molecule has 0 heteroatoms. The van der Waals surface area contributed by atoms with E-state index in [9.17, 15) is 0 Å². The van der Waals surface area contributed by atoms with Gasteiger partial charge in [-0.15, -0.1) is 0 Å². The molecule has 5 unspecified atom stereocenters. The predicted molar refractivity (Wildman–Crippen MR) is 117 cm³/mol. The first kappa shape index (κ1) is 25.0. The van der Waals surface area contributed by atoms with Gasteiger partial charge in [-0.2, -0.15) is 0 Å². The predicted octanol–water partition coefficient (Wildman–Crippen LogP) is 9.13. The Hall–Kier alpha value is 0. The molecular weight excluding hydrogens is 300 g/mol. The highest BCUT2D eigenvalue weighted by Crippen LogP contribution is 2.68. The summed E-state index contributed by atoms with van der Waals surface area (Å²) in [5.74, 6) is 3.84. The molecule has 2 saturated carbocycles. The smallest absolute Gasteiger partial charge is 0.0238 e. The van der Waals surface area contributed by atoms with Crippen molar-refractivity contribution in [2.45, 2.75) is 127 Å². The van der Waals surface area contributed by atoms with Crippen LogP contribution in [0.5, 0.6) is 0 Å². The van der Waals surface area contributed by atoms with E-state index in [1.807, 2.05) is 27.7 Å². The topological polar surface area (TPSA) is 0 Å². The van der Waals surface area contributed by atoms with Crippen LogP contribution in [0.4, 0.5) is 0 Å². The zero-order valence-corrected chi connectivity index (χ0v) is 19.7. The van der Waals surface area contributed by atoms with E-state index in [0.717, 1.165) is 23.7 Å². The lowest BCUT2D eigenvalue weighted by Gasteiger charge is -2.48. The molecular formula is C25H52. The minimum absolute atomic E-state index is 0.618. The third kappa shape index (κ3) is 5.74. The van der Waals surface area contributed by atoms with Crippen LogP contribution < -0.4 is 0 Å². The summed E-state index contributed by atoms with van der Waals surface area (Å²) >= 11 is 0. The van der Waals surface area contributed by atoms with Crippen molar-refractivity contribution < 1.29 is 0 Å². The number of rotatable bonds is 7. The molecule has 0 aromatic rings. The lowest BCUT2D eigenvalue weighted by atomic mass is 9.57. The van der Waals surface area contributed by atoms with Crippen LogP contribution >= 0.6 is 0 Å². The quantitative estimate of drug-likeness (QED) is 0.428. The molecule has 0 aliphatic heterocycles. The molecule has 0 spiro atoms. The lowest BCUT2D eigenvalue weighted by Crippen LogP contribution is -2.40. The van der Waals surface area contributed by atoms with E-state index in [1.54, 1.807) is 0 Å². The molecule has 25 heavy (non-hydrogen) atoms. The van der Waals surface area contributed by atoms with Gasteiger partial charge in [-0.3, -0.25) is 0 Å². The standard InChI is InChI=1S/C21H40.2C2H6/c1-7-8-9-18(11-10-16(2)3)20(5)13-12-19-14-17(4)15-21(19,20)6;2*1-2/h16-19H,7-15H2,1-6H3;2*1-2H3. The van der Waals surface area contributed by atoms with Gasteiger partial charge in [0.15, 0.2) is 0 Å². The van der Waals surface area contributed by atoms with E-state index in [1.165, 1.54) is 57.8 Å². The second-order valence-corrected chi connectivity index (χ2v) is 9.43. The molecule has 0 aromatic carbocycles. The fourth-order valence-electron chi connectivity index (χ4n) is 6.05. The Labute approximate surface area is 161 Å². The highest BCUT2D eigenvalue weighted by molar-refractivity contribution is 5.09. The minimum atomic E-state index is 0.618. The maximum absolute atomic E-state index is 2.69. The van der Waals surface area contributed by atoms with Crippen LogP contribution in [0.3, 0.4) is 0 Å². The van der Waals surface area contributed by atoms with E-state index < -0.39 is 0 Å². The molecule has 0 radical (unpaired) electrons. The highest BCUT2D eigenvalue weighted by Gasteiger charge is 2.59. The summed E-state index contributed by atoms with van der Waals surface area (Å²) < 4.78 is 0. The Kier molecular flexibility index (Phi) is 11.7. The van der Waals surface area contributed by atoms with Crippen molar-refractivity contribution in [1.82, 2.24) is 0 Å². The van der Waals surface area contributed by atoms with Crippen molar-refractivity contribution >= 4 is 0 Å². The SMILES string of the molecule is CC.CC.CCCCC(CCC(C)C)C1(C)CCC2CC(C)CC21C.